The van der Waals surface area contributed by atoms with Crippen molar-refractivity contribution in [3.63, 3.8) is 0 Å². The molecule has 0 aromatic heterocycles. The van der Waals surface area contributed by atoms with E-state index >= 15 is 0 Å². The first kappa shape index (κ1) is 19.5. The van der Waals surface area contributed by atoms with Crippen LogP contribution in [0.4, 0.5) is 5.69 Å². The normalized spacial score (nSPS) is 16.0. The van der Waals surface area contributed by atoms with Gasteiger partial charge in [0.25, 0.3) is 0 Å². The van der Waals surface area contributed by atoms with Gasteiger partial charge in [-0.15, -0.1) is 0 Å². The van der Waals surface area contributed by atoms with Crippen LogP contribution >= 0.6 is 0 Å². The zero-order valence-corrected chi connectivity index (χ0v) is 16.2. The van der Waals surface area contributed by atoms with Crippen molar-refractivity contribution >= 4 is 17.5 Å². The highest BCUT2D eigenvalue weighted by molar-refractivity contribution is 5.95. The number of likely N-dealkylation sites (tertiary alicyclic amines) is 1. The number of nitrogens with one attached hydrogen (secondary N) is 1. The molecule has 1 saturated heterocycles. The number of anilines is 1. The Labute approximate surface area is 164 Å². The summed E-state index contributed by atoms with van der Waals surface area (Å²) in [5.41, 5.74) is 1.62. The predicted molar refractivity (Wildman–Crippen MR) is 105 cm³/mol. The summed E-state index contributed by atoms with van der Waals surface area (Å²) in [6.07, 6.45) is 0.418. The number of ether oxygens (including phenoxy) is 3. The number of benzene rings is 2. The lowest BCUT2D eigenvalue weighted by atomic mass is 9.99. The number of carbonyl (C=O) groups excluding carboxylic acids is 2. The van der Waals surface area contributed by atoms with Crippen LogP contribution in [0.1, 0.15) is 17.9 Å². The van der Waals surface area contributed by atoms with Crippen LogP contribution in [-0.4, -0.2) is 51.1 Å². The molecule has 1 aliphatic rings. The largest absolute Gasteiger partial charge is 0.493 e. The minimum atomic E-state index is -0.281. The van der Waals surface area contributed by atoms with Gasteiger partial charge < -0.3 is 24.4 Å². The molecule has 2 aromatic carbocycles. The van der Waals surface area contributed by atoms with E-state index in [0.29, 0.717) is 35.9 Å². The standard InChI is InChI=1S/C21H24N2O5/c1-26-17-10-16(11-18(27-2)21(17)28-3)22-19(24)13-23-12-15(9-20(23)25)14-7-5-4-6-8-14/h4-8,10-11,15H,9,12-13H2,1-3H3,(H,22,24)/t15-/m1/s1. The lowest BCUT2D eigenvalue weighted by Gasteiger charge is -2.18. The third-order valence-electron chi connectivity index (χ3n) is 4.77. The van der Waals surface area contributed by atoms with Gasteiger partial charge >= 0.3 is 0 Å². The maximum absolute atomic E-state index is 12.5. The smallest absolute Gasteiger partial charge is 0.244 e. The fourth-order valence-corrected chi connectivity index (χ4v) is 3.40. The topological polar surface area (TPSA) is 77.1 Å². The number of nitrogens with zero attached hydrogens (tertiary/aromatic N) is 1. The monoisotopic (exact) mass is 384 g/mol. The Morgan fingerprint density at radius 2 is 1.71 bits per heavy atom. The molecule has 1 aliphatic heterocycles. The molecule has 0 bridgehead atoms. The summed E-state index contributed by atoms with van der Waals surface area (Å²) in [5.74, 6) is 1.15. The van der Waals surface area contributed by atoms with Crippen LogP contribution in [0.2, 0.25) is 0 Å². The van der Waals surface area contributed by atoms with E-state index in [4.69, 9.17) is 14.2 Å². The highest BCUT2D eigenvalue weighted by atomic mass is 16.5. The highest BCUT2D eigenvalue weighted by Crippen LogP contribution is 2.40. The maximum Gasteiger partial charge on any atom is 0.244 e. The van der Waals surface area contributed by atoms with Crippen molar-refractivity contribution in [3.8, 4) is 17.2 Å². The molecule has 2 amide bonds. The maximum atomic E-state index is 12.5. The Kier molecular flexibility index (Phi) is 6.03. The number of methoxy groups -OCH3 is 3. The zero-order valence-electron chi connectivity index (χ0n) is 16.2. The minimum absolute atomic E-state index is 0.00116. The number of rotatable bonds is 7. The first-order valence-electron chi connectivity index (χ1n) is 8.98. The summed E-state index contributed by atoms with van der Waals surface area (Å²) >= 11 is 0. The molecule has 3 rings (SSSR count). The Hall–Kier alpha value is -3.22. The molecule has 148 valence electrons. The molecular formula is C21H24N2O5. The fraction of sp³-hybridized carbons (Fsp3) is 0.333. The van der Waals surface area contributed by atoms with Gasteiger partial charge in [-0.3, -0.25) is 9.59 Å². The predicted octanol–water partition coefficient (Wildman–Crippen LogP) is 2.67. The SMILES string of the molecule is COc1cc(NC(=O)CN2C[C@H](c3ccccc3)CC2=O)cc(OC)c1OC. The molecule has 0 aliphatic carbocycles. The van der Waals surface area contributed by atoms with Gasteiger partial charge in [0.15, 0.2) is 11.5 Å². The van der Waals surface area contributed by atoms with E-state index < -0.39 is 0 Å². The number of hydrogen-bond donors (Lipinski definition) is 1. The fourth-order valence-electron chi connectivity index (χ4n) is 3.40. The zero-order chi connectivity index (χ0) is 20.1. The molecule has 1 atom stereocenters. The first-order valence-corrected chi connectivity index (χ1v) is 8.98. The molecule has 1 heterocycles. The quantitative estimate of drug-likeness (QED) is 0.794. The van der Waals surface area contributed by atoms with Crippen molar-refractivity contribution in [2.75, 3.05) is 39.7 Å². The summed E-state index contributed by atoms with van der Waals surface area (Å²) < 4.78 is 15.9. The summed E-state index contributed by atoms with van der Waals surface area (Å²) in [5, 5.41) is 2.80. The highest BCUT2D eigenvalue weighted by Gasteiger charge is 2.31. The van der Waals surface area contributed by atoms with E-state index in [-0.39, 0.29) is 24.3 Å². The minimum Gasteiger partial charge on any atom is -0.493 e. The molecule has 2 aromatic rings. The first-order chi connectivity index (χ1) is 13.5. The Balaban J connectivity index is 1.67. The van der Waals surface area contributed by atoms with Gasteiger partial charge in [0, 0.05) is 36.7 Å². The molecule has 7 nitrogen and oxygen atoms in total. The Bertz CT molecular complexity index is 828. The molecule has 7 heteroatoms. The molecule has 28 heavy (non-hydrogen) atoms. The van der Waals surface area contributed by atoms with E-state index in [1.807, 2.05) is 30.3 Å². The molecule has 0 unspecified atom stereocenters. The molecule has 1 fully saturated rings. The number of amides is 2. The van der Waals surface area contributed by atoms with E-state index in [0.717, 1.165) is 5.56 Å². The van der Waals surface area contributed by atoms with Crippen LogP contribution in [0.3, 0.4) is 0 Å². The van der Waals surface area contributed by atoms with Gasteiger partial charge in [-0.05, 0) is 5.56 Å². The van der Waals surface area contributed by atoms with Crippen molar-refractivity contribution in [1.29, 1.82) is 0 Å². The van der Waals surface area contributed by atoms with Crippen molar-refractivity contribution in [3.05, 3.63) is 48.0 Å². The second-order valence-corrected chi connectivity index (χ2v) is 6.55. The van der Waals surface area contributed by atoms with Crippen LogP contribution in [0, 0.1) is 0 Å². The second kappa shape index (κ2) is 8.65. The Morgan fingerprint density at radius 1 is 1.07 bits per heavy atom. The van der Waals surface area contributed by atoms with Crippen LogP contribution < -0.4 is 19.5 Å². The second-order valence-electron chi connectivity index (χ2n) is 6.55. The van der Waals surface area contributed by atoms with Gasteiger partial charge in [-0.2, -0.15) is 0 Å². The van der Waals surface area contributed by atoms with E-state index in [1.165, 1.54) is 21.3 Å². The van der Waals surface area contributed by atoms with Gasteiger partial charge in [-0.1, -0.05) is 30.3 Å². The molecule has 0 radical (unpaired) electrons. The van der Waals surface area contributed by atoms with Crippen LogP contribution in [0.5, 0.6) is 17.2 Å². The van der Waals surface area contributed by atoms with E-state index in [2.05, 4.69) is 5.32 Å². The molecule has 0 spiro atoms. The average Bonchev–Trinajstić information content (AvgIpc) is 3.08. The summed E-state index contributed by atoms with van der Waals surface area (Å²) in [6, 6.07) is 13.2. The van der Waals surface area contributed by atoms with Crippen LogP contribution in [0.25, 0.3) is 0 Å². The summed E-state index contributed by atoms with van der Waals surface area (Å²) in [6.45, 7) is 0.532. The summed E-state index contributed by atoms with van der Waals surface area (Å²) in [4.78, 5) is 26.4. The van der Waals surface area contributed by atoms with Crippen LogP contribution in [0.15, 0.2) is 42.5 Å². The lowest BCUT2D eigenvalue weighted by molar-refractivity contribution is -0.131. The Morgan fingerprint density at radius 3 is 2.29 bits per heavy atom. The molecular weight excluding hydrogens is 360 g/mol. The van der Waals surface area contributed by atoms with Gasteiger partial charge in [0.2, 0.25) is 17.6 Å². The van der Waals surface area contributed by atoms with Crippen molar-refractivity contribution in [1.82, 2.24) is 4.90 Å². The average molecular weight is 384 g/mol. The lowest BCUT2D eigenvalue weighted by Crippen LogP contribution is -2.34. The van der Waals surface area contributed by atoms with Gasteiger partial charge in [-0.25, -0.2) is 0 Å². The van der Waals surface area contributed by atoms with Crippen LogP contribution in [-0.2, 0) is 9.59 Å². The number of carbonyl (C=O) groups is 2. The summed E-state index contributed by atoms with van der Waals surface area (Å²) in [7, 11) is 4.53. The van der Waals surface area contributed by atoms with Crippen molar-refractivity contribution in [2.45, 2.75) is 12.3 Å². The number of hydrogen-bond acceptors (Lipinski definition) is 5. The van der Waals surface area contributed by atoms with Crippen molar-refractivity contribution in [2.24, 2.45) is 0 Å². The van der Waals surface area contributed by atoms with Crippen molar-refractivity contribution < 1.29 is 23.8 Å². The third-order valence-corrected chi connectivity index (χ3v) is 4.77. The third kappa shape index (κ3) is 4.19. The molecule has 1 N–H and O–H groups in total. The van der Waals surface area contributed by atoms with E-state index in [9.17, 15) is 9.59 Å². The van der Waals surface area contributed by atoms with E-state index in [1.54, 1.807) is 17.0 Å². The molecule has 0 saturated carbocycles. The van der Waals surface area contributed by atoms with Gasteiger partial charge in [0.1, 0.15) is 0 Å². The van der Waals surface area contributed by atoms with Gasteiger partial charge in [0.05, 0.1) is 27.9 Å².